The minimum absolute atomic E-state index is 0. The molecule has 1 aromatic carbocycles. The molecule has 0 unspecified atom stereocenters. The summed E-state index contributed by atoms with van der Waals surface area (Å²) in [4.78, 5) is 10.2. The van der Waals surface area contributed by atoms with Gasteiger partial charge in [0.15, 0.2) is 0 Å². The van der Waals surface area contributed by atoms with Crippen LogP contribution in [0.5, 0.6) is 0 Å². The van der Waals surface area contributed by atoms with Crippen molar-refractivity contribution in [1.82, 2.24) is 0 Å². The van der Waals surface area contributed by atoms with E-state index in [4.69, 9.17) is 5.11 Å². The van der Waals surface area contributed by atoms with Gasteiger partial charge in [0.2, 0.25) is 0 Å². The summed E-state index contributed by atoms with van der Waals surface area (Å²) in [5.74, 6) is -0.918. The van der Waals surface area contributed by atoms with Crippen LogP contribution in [0.15, 0.2) is 30.3 Å². The van der Waals surface area contributed by atoms with Gasteiger partial charge in [0.1, 0.15) is 0 Å². The molecule has 0 saturated heterocycles. The fraction of sp³-hybridized carbons (Fsp3) is 0.100. The number of hydrogen-bond donors (Lipinski definition) is 1. The van der Waals surface area contributed by atoms with E-state index in [0.717, 1.165) is 17.2 Å². The van der Waals surface area contributed by atoms with E-state index in [9.17, 15) is 4.79 Å². The number of carbonyl (C=O) groups is 1. The summed E-state index contributed by atoms with van der Waals surface area (Å²) in [5, 5.41) is 8.38. The maximum absolute atomic E-state index is 10.2. The third-order valence-corrected chi connectivity index (χ3v) is 1.59. The number of hydrogen-bond acceptors (Lipinski definition) is 1. The molecule has 13 heavy (non-hydrogen) atoms. The van der Waals surface area contributed by atoms with Gasteiger partial charge >= 0.3 is 5.97 Å². The number of aliphatic carboxylic acids is 1. The Kier molecular flexibility index (Phi) is 5.24. The molecule has 64 valence electrons. The van der Waals surface area contributed by atoms with E-state index in [2.05, 4.69) is 0 Å². The molecule has 3 heteroatoms. The monoisotopic (exact) mass is 226 g/mol. The van der Waals surface area contributed by atoms with Gasteiger partial charge in [-0.15, -0.1) is 0 Å². The molecule has 2 nitrogen and oxygen atoms in total. The molecule has 0 spiro atoms. The van der Waals surface area contributed by atoms with Crippen molar-refractivity contribution < 1.29 is 29.4 Å². The molecular weight excluding hydrogens is 217 g/mol. The molecule has 0 heterocycles. The molecule has 1 rings (SSSR count). The second kappa shape index (κ2) is 5.66. The molecule has 0 aliphatic heterocycles. The number of carboxylic acid groups (broad SMARTS) is 1. The van der Waals surface area contributed by atoms with E-state index in [-0.39, 0.29) is 19.5 Å². The fourth-order valence-electron chi connectivity index (χ4n) is 0.935. The summed E-state index contributed by atoms with van der Waals surface area (Å²) in [6, 6.07) is 7.64. The van der Waals surface area contributed by atoms with Gasteiger partial charge in [-0.3, -0.25) is 0 Å². The van der Waals surface area contributed by atoms with Crippen LogP contribution >= 0.6 is 0 Å². The summed E-state index contributed by atoms with van der Waals surface area (Å²) in [7, 11) is 0. The van der Waals surface area contributed by atoms with Crippen LogP contribution in [0.25, 0.3) is 6.08 Å². The maximum Gasteiger partial charge on any atom is 0.328 e. The second-order valence-electron chi connectivity index (χ2n) is 2.53. The minimum atomic E-state index is -0.918. The van der Waals surface area contributed by atoms with E-state index in [1.807, 2.05) is 31.2 Å². The van der Waals surface area contributed by atoms with Gasteiger partial charge in [-0.1, -0.05) is 24.3 Å². The summed E-state index contributed by atoms with van der Waals surface area (Å²) in [6.07, 6.45) is 2.74. The van der Waals surface area contributed by atoms with Gasteiger partial charge in [-0.25, -0.2) is 4.79 Å². The summed E-state index contributed by atoms with van der Waals surface area (Å²) in [6.45, 7) is 1.95. The molecule has 0 aliphatic carbocycles. The summed E-state index contributed by atoms with van der Waals surface area (Å²) < 4.78 is 0. The molecule has 0 amide bonds. The maximum atomic E-state index is 10.2. The average molecular weight is 228 g/mol. The first-order valence-electron chi connectivity index (χ1n) is 3.67. The van der Waals surface area contributed by atoms with Crippen LogP contribution < -0.4 is 0 Å². The van der Waals surface area contributed by atoms with Gasteiger partial charge < -0.3 is 5.11 Å². The number of carboxylic acids is 1. The van der Waals surface area contributed by atoms with Crippen molar-refractivity contribution in [2.24, 2.45) is 0 Å². The number of benzene rings is 1. The molecule has 0 aliphatic rings. The molecule has 1 N–H and O–H groups in total. The van der Waals surface area contributed by atoms with Crippen molar-refractivity contribution in [1.29, 1.82) is 0 Å². The minimum Gasteiger partial charge on any atom is -0.478 e. The Morgan fingerprint density at radius 3 is 2.54 bits per heavy atom. The normalized spacial score (nSPS) is 9.62. The largest absolute Gasteiger partial charge is 0.478 e. The molecule has 0 aromatic heterocycles. The Balaban J connectivity index is 0.00000144. The van der Waals surface area contributed by atoms with Gasteiger partial charge in [0, 0.05) is 25.6 Å². The van der Waals surface area contributed by atoms with E-state index in [1.165, 1.54) is 0 Å². The summed E-state index contributed by atoms with van der Waals surface area (Å²) >= 11 is 0. The third kappa shape index (κ3) is 4.00. The van der Waals surface area contributed by atoms with Crippen LogP contribution in [0, 0.1) is 6.92 Å². The van der Waals surface area contributed by atoms with E-state index >= 15 is 0 Å². The quantitative estimate of drug-likeness (QED) is 0.621. The predicted octanol–water partition coefficient (Wildman–Crippen LogP) is 2.09. The van der Waals surface area contributed by atoms with Crippen LogP contribution in [0.1, 0.15) is 11.1 Å². The van der Waals surface area contributed by atoms with Crippen LogP contribution in [0.3, 0.4) is 0 Å². The Hall–Kier alpha value is -0.947. The van der Waals surface area contributed by atoms with Gasteiger partial charge in [0.25, 0.3) is 0 Å². The Morgan fingerprint density at radius 1 is 1.38 bits per heavy atom. The molecule has 0 fully saturated rings. The van der Waals surface area contributed by atoms with E-state index < -0.39 is 5.97 Å². The molecule has 1 aromatic rings. The number of aryl methyl sites for hydroxylation is 1. The Bertz CT molecular complexity index is 318. The Morgan fingerprint density at radius 2 is 2.00 bits per heavy atom. The molecule has 0 bridgehead atoms. The summed E-state index contributed by atoms with van der Waals surface area (Å²) in [5.41, 5.74) is 2.02. The van der Waals surface area contributed by atoms with Crippen LogP contribution in [-0.2, 0) is 24.3 Å². The topological polar surface area (TPSA) is 37.3 Å². The first-order chi connectivity index (χ1) is 5.70. The first kappa shape index (κ1) is 12.1. The number of rotatable bonds is 2. The van der Waals surface area contributed by atoms with Crippen molar-refractivity contribution in [3.63, 3.8) is 0 Å². The zero-order chi connectivity index (χ0) is 8.97. The molecule has 0 atom stereocenters. The van der Waals surface area contributed by atoms with Gasteiger partial charge in [0.05, 0.1) is 0 Å². The molecule has 0 radical (unpaired) electrons. The fourth-order valence-corrected chi connectivity index (χ4v) is 0.935. The van der Waals surface area contributed by atoms with Crippen molar-refractivity contribution >= 4 is 12.0 Å². The smallest absolute Gasteiger partial charge is 0.328 e. The van der Waals surface area contributed by atoms with Gasteiger partial charge in [-0.2, -0.15) is 0 Å². The molecular formula is C10H10O2Zn. The van der Waals surface area contributed by atoms with Crippen molar-refractivity contribution in [3.8, 4) is 0 Å². The van der Waals surface area contributed by atoms with Crippen LogP contribution in [-0.4, -0.2) is 11.1 Å². The molecule has 0 saturated carbocycles. The van der Waals surface area contributed by atoms with Crippen molar-refractivity contribution in [2.45, 2.75) is 6.92 Å². The van der Waals surface area contributed by atoms with Crippen molar-refractivity contribution in [2.75, 3.05) is 0 Å². The first-order valence-corrected chi connectivity index (χ1v) is 3.67. The SMILES string of the molecule is Cc1ccccc1C=CC(=O)O.[Zn]. The van der Waals surface area contributed by atoms with E-state index in [0.29, 0.717) is 0 Å². The van der Waals surface area contributed by atoms with Crippen molar-refractivity contribution in [3.05, 3.63) is 41.5 Å². The Labute approximate surface area is 90.0 Å². The van der Waals surface area contributed by atoms with Crippen LogP contribution in [0.4, 0.5) is 0 Å². The second-order valence-corrected chi connectivity index (χ2v) is 2.53. The third-order valence-electron chi connectivity index (χ3n) is 1.59. The van der Waals surface area contributed by atoms with Gasteiger partial charge in [-0.05, 0) is 24.1 Å². The average Bonchev–Trinajstić information content (AvgIpc) is 2.03. The predicted molar refractivity (Wildman–Crippen MR) is 47.8 cm³/mol. The zero-order valence-corrected chi connectivity index (χ0v) is 10.5. The van der Waals surface area contributed by atoms with E-state index in [1.54, 1.807) is 6.08 Å². The standard InChI is InChI=1S/C10H10O2.Zn/c1-8-4-2-3-5-9(8)6-7-10(11)12;/h2-7H,1H3,(H,11,12);. The van der Waals surface area contributed by atoms with Crippen LogP contribution in [0.2, 0.25) is 0 Å². The zero-order valence-electron chi connectivity index (χ0n) is 7.53.